The van der Waals surface area contributed by atoms with E-state index >= 15 is 0 Å². The van der Waals surface area contributed by atoms with Gasteiger partial charge in [-0.3, -0.25) is 9.59 Å². The monoisotopic (exact) mass is 424 g/mol. The van der Waals surface area contributed by atoms with E-state index in [4.69, 9.17) is 23.2 Å². The van der Waals surface area contributed by atoms with Crippen LogP contribution >= 0.6 is 23.2 Å². The topological polar surface area (TPSA) is 69.6 Å². The molecule has 0 aliphatic carbocycles. The van der Waals surface area contributed by atoms with E-state index in [1.807, 2.05) is 0 Å². The Balaban J connectivity index is 1.64. The summed E-state index contributed by atoms with van der Waals surface area (Å²) in [6.07, 6.45) is 0.249. The molecule has 0 bridgehead atoms. The van der Waals surface area contributed by atoms with Gasteiger partial charge in [0.1, 0.15) is 11.9 Å². The van der Waals surface area contributed by atoms with Crippen molar-refractivity contribution in [1.29, 1.82) is 0 Å². The number of likely N-dealkylation sites (tertiary alicyclic amines) is 1. The summed E-state index contributed by atoms with van der Waals surface area (Å²) in [6.45, 7) is 0.410. The molecule has 1 fully saturated rings. The van der Waals surface area contributed by atoms with Crippen molar-refractivity contribution < 1.29 is 19.1 Å². The Kier molecular flexibility index (Phi) is 6.54. The maximum atomic E-state index is 13.0. The number of hydrogen-bond acceptors (Lipinski definition) is 3. The normalized spacial score (nSPS) is 17.4. The highest BCUT2D eigenvalue weighted by Gasteiger charge is 2.34. The summed E-state index contributed by atoms with van der Waals surface area (Å²) in [7, 11) is 0. The van der Waals surface area contributed by atoms with Gasteiger partial charge in [0.2, 0.25) is 5.91 Å². The fourth-order valence-electron chi connectivity index (χ4n) is 3.24. The van der Waals surface area contributed by atoms with Gasteiger partial charge in [-0.15, -0.1) is 0 Å². The number of amides is 2. The zero-order chi connectivity index (χ0) is 20.3. The van der Waals surface area contributed by atoms with E-state index in [0.717, 1.165) is 0 Å². The van der Waals surface area contributed by atoms with E-state index in [1.54, 1.807) is 0 Å². The number of hydrogen-bond donors (Lipinski definition) is 2. The van der Waals surface area contributed by atoms with Crippen LogP contribution in [-0.2, 0) is 4.79 Å². The van der Waals surface area contributed by atoms with Crippen LogP contribution in [0, 0.1) is 5.82 Å². The zero-order valence-electron chi connectivity index (χ0n) is 14.9. The van der Waals surface area contributed by atoms with Crippen molar-refractivity contribution in [3.63, 3.8) is 0 Å². The van der Waals surface area contributed by atoms with Crippen LogP contribution in [0.3, 0.4) is 0 Å². The van der Waals surface area contributed by atoms with Gasteiger partial charge in [-0.2, -0.15) is 0 Å². The van der Waals surface area contributed by atoms with Crippen molar-refractivity contribution in [3.05, 3.63) is 69.5 Å². The van der Waals surface area contributed by atoms with E-state index in [-0.39, 0.29) is 18.4 Å². The number of halogens is 3. The Labute approximate surface area is 172 Å². The molecule has 2 amide bonds. The molecule has 148 valence electrons. The van der Waals surface area contributed by atoms with Gasteiger partial charge in [-0.1, -0.05) is 35.3 Å². The average molecular weight is 425 g/mol. The SMILES string of the molecule is O=C(NCC(O)c1ccc(F)cc1)C1CCCN1C(=O)c1cc(Cl)cc(Cl)c1. The fourth-order valence-corrected chi connectivity index (χ4v) is 3.77. The van der Waals surface area contributed by atoms with Gasteiger partial charge in [0.15, 0.2) is 0 Å². The Hall–Kier alpha value is -2.15. The van der Waals surface area contributed by atoms with Gasteiger partial charge in [-0.25, -0.2) is 4.39 Å². The molecule has 2 N–H and O–H groups in total. The van der Waals surface area contributed by atoms with Crippen molar-refractivity contribution in [3.8, 4) is 0 Å². The molecule has 0 spiro atoms. The number of benzene rings is 2. The van der Waals surface area contributed by atoms with Crippen LogP contribution in [0.1, 0.15) is 34.9 Å². The summed E-state index contributed by atoms with van der Waals surface area (Å²) in [5.74, 6) is -1.07. The van der Waals surface area contributed by atoms with Crippen LogP contribution in [0.25, 0.3) is 0 Å². The Morgan fingerprint density at radius 1 is 1.18 bits per heavy atom. The van der Waals surface area contributed by atoms with Gasteiger partial charge >= 0.3 is 0 Å². The lowest BCUT2D eigenvalue weighted by atomic mass is 10.1. The van der Waals surface area contributed by atoms with Gasteiger partial charge < -0.3 is 15.3 Å². The summed E-state index contributed by atoms with van der Waals surface area (Å²) in [5, 5.41) is 13.5. The lowest BCUT2D eigenvalue weighted by Crippen LogP contribution is -2.46. The van der Waals surface area contributed by atoms with Crippen molar-refractivity contribution in [2.75, 3.05) is 13.1 Å². The van der Waals surface area contributed by atoms with Crippen LogP contribution in [0.15, 0.2) is 42.5 Å². The molecule has 1 saturated heterocycles. The molecule has 0 aromatic heterocycles. The molecule has 2 aromatic rings. The molecule has 3 rings (SSSR count). The Morgan fingerprint density at radius 2 is 1.82 bits per heavy atom. The van der Waals surface area contributed by atoms with Crippen LogP contribution in [-0.4, -0.2) is 41.0 Å². The molecule has 8 heteroatoms. The molecule has 1 heterocycles. The minimum Gasteiger partial charge on any atom is -0.387 e. The second-order valence-electron chi connectivity index (χ2n) is 6.63. The van der Waals surface area contributed by atoms with Gasteiger partial charge in [0, 0.05) is 28.7 Å². The molecule has 5 nitrogen and oxygen atoms in total. The van der Waals surface area contributed by atoms with Gasteiger partial charge in [0.25, 0.3) is 5.91 Å². The number of aliphatic hydroxyl groups is 1. The third-order valence-electron chi connectivity index (χ3n) is 4.65. The average Bonchev–Trinajstić information content (AvgIpc) is 3.15. The lowest BCUT2D eigenvalue weighted by Gasteiger charge is -2.25. The zero-order valence-corrected chi connectivity index (χ0v) is 16.4. The molecule has 1 aliphatic heterocycles. The first-order valence-electron chi connectivity index (χ1n) is 8.83. The summed E-state index contributed by atoms with van der Waals surface area (Å²) in [5.41, 5.74) is 0.818. The highest BCUT2D eigenvalue weighted by atomic mass is 35.5. The van der Waals surface area contributed by atoms with Gasteiger partial charge in [-0.05, 0) is 48.7 Å². The first-order valence-corrected chi connectivity index (χ1v) is 9.59. The number of aliphatic hydroxyl groups excluding tert-OH is 1. The predicted octanol–water partition coefficient (Wildman–Crippen LogP) is 3.59. The van der Waals surface area contributed by atoms with Crippen LogP contribution < -0.4 is 5.32 Å². The van der Waals surface area contributed by atoms with E-state index in [0.29, 0.717) is 40.6 Å². The van der Waals surface area contributed by atoms with Gasteiger partial charge in [0.05, 0.1) is 6.10 Å². The minimum absolute atomic E-state index is 0.0357. The minimum atomic E-state index is -0.971. The standard InChI is InChI=1S/C20H19Cl2FN2O3/c21-14-8-13(9-15(22)10-14)20(28)25-7-1-2-17(25)19(27)24-11-18(26)12-3-5-16(23)6-4-12/h3-6,8-10,17-18,26H,1-2,7,11H2,(H,24,27). The summed E-state index contributed by atoms with van der Waals surface area (Å²) < 4.78 is 13.0. The first kappa shape index (κ1) is 20.6. The van der Waals surface area contributed by atoms with Crippen molar-refractivity contribution in [2.24, 2.45) is 0 Å². The molecule has 2 atom stereocenters. The smallest absolute Gasteiger partial charge is 0.254 e. The number of rotatable bonds is 5. The Bertz CT molecular complexity index is 856. The quantitative estimate of drug-likeness (QED) is 0.770. The number of carbonyl (C=O) groups is 2. The largest absolute Gasteiger partial charge is 0.387 e. The number of nitrogens with zero attached hydrogens (tertiary/aromatic N) is 1. The third-order valence-corrected chi connectivity index (χ3v) is 5.09. The third kappa shape index (κ3) is 4.82. The summed E-state index contributed by atoms with van der Waals surface area (Å²) >= 11 is 11.9. The molecular weight excluding hydrogens is 406 g/mol. The molecular formula is C20H19Cl2FN2O3. The molecule has 2 unspecified atom stereocenters. The Morgan fingerprint density at radius 3 is 2.46 bits per heavy atom. The highest BCUT2D eigenvalue weighted by molar-refractivity contribution is 6.35. The maximum Gasteiger partial charge on any atom is 0.254 e. The van der Waals surface area contributed by atoms with E-state index < -0.39 is 18.0 Å². The van der Waals surface area contributed by atoms with Crippen molar-refractivity contribution in [1.82, 2.24) is 10.2 Å². The van der Waals surface area contributed by atoms with E-state index in [9.17, 15) is 19.1 Å². The van der Waals surface area contributed by atoms with E-state index in [1.165, 1.54) is 47.4 Å². The highest BCUT2D eigenvalue weighted by Crippen LogP contribution is 2.24. The maximum absolute atomic E-state index is 13.0. The molecule has 2 aromatic carbocycles. The molecule has 0 saturated carbocycles. The predicted molar refractivity (Wildman–Crippen MR) is 105 cm³/mol. The van der Waals surface area contributed by atoms with Crippen LogP contribution in [0.4, 0.5) is 4.39 Å². The van der Waals surface area contributed by atoms with Crippen molar-refractivity contribution >= 4 is 35.0 Å². The second-order valence-corrected chi connectivity index (χ2v) is 7.50. The first-order chi connectivity index (χ1) is 13.3. The molecule has 28 heavy (non-hydrogen) atoms. The molecule has 1 aliphatic rings. The van der Waals surface area contributed by atoms with Crippen molar-refractivity contribution in [2.45, 2.75) is 25.0 Å². The number of carbonyl (C=O) groups excluding carboxylic acids is 2. The molecule has 0 radical (unpaired) electrons. The second kappa shape index (κ2) is 8.90. The lowest BCUT2D eigenvalue weighted by molar-refractivity contribution is -0.125. The van der Waals surface area contributed by atoms with Crippen LogP contribution in [0.2, 0.25) is 10.0 Å². The summed E-state index contributed by atoms with van der Waals surface area (Å²) in [4.78, 5) is 26.9. The van der Waals surface area contributed by atoms with Crippen LogP contribution in [0.5, 0.6) is 0 Å². The van der Waals surface area contributed by atoms with E-state index in [2.05, 4.69) is 5.32 Å². The fraction of sp³-hybridized carbons (Fsp3) is 0.300. The number of nitrogens with one attached hydrogen (secondary N) is 1. The summed E-state index contributed by atoms with van der Waals surface area (Å²) in [6, 6.07) is 9.33.